The highest BCUT2D eigenvalue weighted by molar-refractivity contribution is 8.08. The van der Waals surface area contributed by atoms with Crippen LogP contribution in [0.2, 0.25) is 0 Å². The van der Waals surface area contributed by atoms with Gasteiger partial charge in [0.05, 0.1) is 5.25 Å². The van der Waals surface area contributed by atoms with E-state index < -0.39 is 0 Å². The predicted molar refractivity (Wildman–Crippen MR) is 78.9 cm³/mol. The van der Waals surface area contributed by atoms with E-state index in [1.807, 2.05) is 13.8 Å². The van der Waals surface area contributed by atoms with Crippen LogP contribution in [0.25, 0.3) is 0 Å². The van der Waals surface area contributed by atoms with Crippen molar-refractivity contribution in [3.8, 4) is 33.5 Å². The zero-order valence-electron chi connectivity index (χ0n) is 9.31. The molecule has 0 bridgehead atoms. The first-order valence-electron chi connectivity index (χ1n) is 4.56. The number of hydrogen-bond donors (Lipinski definition) is 0. The molecule has 0 aliphatic carbocycles. The minimum Gasteiger partial charge on any atom is -0.197 e. The maximum atomic E-state index is 3.13. The van der Waals surface area contributed by atoms with Crippen molar-refractivity contribution < 1.29 is 0 Å². The molecule has 0 aliphatic rings. The summed E-state index contributed by atoms with van der Waals surface area (Å²) >= 11 is 2.96. The molecule has 0 aromatic heterocycles. The molecule has 1 unspecified atom stereocenters. The monoisotopic (exact) mass is 256 g/mol. The predicted octanol–water partition coefficient (Wildman–Crippen LogP) is 3.66. The van der Waals surface area contributed by atoms with Gasteiger partial charge in [-0.1, -0.05) is 43.4 Å². The Balaban J connectivity index is 0. The van der Waals surface area contributed by atoms with Gasteiger partial charge in [0, 0.05) is 18.2 Å². The standard InChI is InChI=1S/C12H14S2.H2S/c1-4-7-10-13-11-8-12(6-3)14-9-5-2;/h12H,4,6H2,1-3H3;1H2. The average molecular weight is 256 g/mol. The van der Waals surface area contributed by atoms with Gasteiger partial charge in [-0.3, -0.25) is 0 Å². The van der Waals surface area contributed by atoms with Crippen molar-refractivity contribution in [2.24, 2.45) is 0 Å². The third-order valence-electron chi connectivity index (χ3n) is 1.24. The van der Waals surface area contributed by atoms with E-state index in [2.05, 4.69) is 40.4 Å². The highest BCUT2D eigenvalue weighted by atomic mass is 32.2. The van der Waals surface area contributed by atoms with Gasteiger partial charge in [-0.25, -0.2) is 0 Å². The van der Waals surface area contributed by atoms with Crippen LogP contribution in [0, 0.1) is 33.5 Å². The summed E-state index contributed by atoms with van der Waals surface area (Å²) in [6, 6.07) is 0. The smallest absolute Gasteiger partial charge is 0.0786 e. The van der Waals surface area contributed by atoms with Crippen molar-refractivity contribution in [2.75, 3.05) is 0 Å². The summed E-state index contributed by atoms with van der Waals surface area (Å²) in [5.74, 6) is 8.95. The van der Waals surface area contributed by atoms with Crippen LogP contribution in [0.5, 0.6) is 0 Å². The van der Waals surface area contributed by atoms with Gasteiger partial charge in [-0.15, -0.1) is 0 Å². The number of hydrogen-bond acceptors (Lipinski definition) is 2. The Hall–Kier alpha value is -0.270. The first-order valence-corrected chi connectivity index (χ1v) is 6.26. The van der Waals surface area contributed by atoms with Crippen LogP contribution in [-0.4, -0.2) is 5.25 Å². The van der Waals surface area contributed by atoms with E-state index >= 15 is 0 Å². The summed E-state index contributed by atoms with van der Waals surface area (Å²) in [4.78, 5) is 0. The van der Waals surface area contributed by atoms with Crippen LogP contribution in [0.3, 0.4) is 0 Å². The maximum Gasteiger partial charge on any atom is 0.0786 e. The molecular weight excluding hydrogens is 240 g/mol. The Labute approximate surface area is 109 Å². The Kier molecular flexibility index (Phi) is 15.7. The van der Waals surface area contributed by atoms with Crippen molar-refractivity contribution in [3.05, 3.63) is 0 Å². The van der Waals surface area contributed by atoms with Crippen LogP contribution in [-0.2, 0) is 0 Å². The van der Waals surface area contributed by atoms with Crippen LogP contribution in [0.15, 0.2) is 0 Å². The van der Waals surface area contributed by atoms with Gasteiger partial charge in [0.15, 0.2) is 0 Å². The van der Waals surface area contributed by atoms with Gasteiger partial charge in [-0.05, 0) is 29.1 Å². The van der Waals surface area contributed by atoms with E-state index in [0.29, 0.717) is 5.25 Å². The molecule has 0 spiro atoms. The zero-order chi connectivity index (χ0) is 10.6. The summed E-state index contributed by atoms with van der Waals surface area (Å²) in [5.41, 5.74) is 0. The van der Waals surface area contributed by atoms with Crippen molar-refractivity contribution in [1.82, 2.24) is 0 Å². The Morgan fingerprint density at radius 2 is 1.87 bits per heavy atom. The van der Waals surface area contributed by atoms with Crippen LogP contribution >= 0.6 is 37.0 Å². The SMILES string of the molecule is CC#CSC(C#CSC#CCC)CC.S. The zero-order valence-corrected chi connectivity index (χ0v) is 11.9. The van der Waals surface area contributed by atoms with E-state index in [-0.39, 0.29) is 13.5 Å². The molecule has 0 N–H and O–H groups in total. The van der Waals surface area contributed by atoms with E-state index in [9.17, 15) is 0 Å². The van der Waals surface area contributed by atoms with Gasteiger partial charge >= 0.3 is 0 Å². The summed E-state index contributed by atoms with van der Waals surface area (Å²) in [6.45, 7) is 5.99. The molecule has 3 heteroatoms. The second kappa shape index (κ2) is 13.7. The summed E-state index contributed by atoms with van der Waals surface area (Å²) in [6.07, 6.45) is 1.91. The minimum atomic E-state index is 0. The first-order chi connectivity index (χ1) is 6.85. The Bertz CT molecular complexity index is 314. The molecule has 0 aliphatic heterocycles. The molecule has 0 amide bonds. The van der Waals surface area contributed by atoms with Gasteiger partial charge in [-0.2, -0.15) is 13.5 Å². The molecule has 0 saturated heterocycles. The Morgan fingerprint density at radius 3 is 2.40 bits per heavy atom. The van der Waals surface area contributed by atoms with Crippen molar-refractivity contribution in [2.45, 2.75) is 38.9 Å². The van der Waals surface area contributed by atoms with Gasteiger partial charge < -0.3 is 0 Å². The third-order valence-corrected chi connectivity index (χ3v) is 2.77. The van der Waals surface area contributed by atoms with E-state index in [0.717, 1.165) is 12.8 Å². The first kappa shape index (κ1) is 17.1. The van der Waals surface area contributed by atoms with Crippen LogP contribution < -0.4 is 0 Å². The summed E-state index contributed by atoms with van der Waals surface area (Å²) in [7, 11) is 0. The lowest BCUT2D eigenvalue weighted by Gasteiger charge is -1.98. The molecule has 0 heterocycles. The van der Waals surface area contributed by atoms with Crippen molar-refractivity contribution in [3.63, 3.8) is 0 Å². The Morgan fingerprint density at radius 1 is 1.13 bits per heavy atom. The van der Waals surface area contributed by atoms with Crippen LogP contribution in [0.1, 0.15) is 33.6 Å². The molecule has 0 aromatic carbocycles. The molecule has 15 heavy (non-hydrogen) atoms. The molecule has 0 aromatic rings. The lowest BCUT2D eigenvalue weighted by atomic mass is 10.3. The number of rotatable bonds is 2. The van der Waals surface area contributed by atoms with Crippen molar-refractivity contribution in [1.29, 1.82) is 0 Å². The lowest BCUT2D eigenvalue weighted by molar-refractivity contribution is 1.01. The molecule has 0 rings (SSSR count). The normalized spacial score (nSPS) is 9.00. The fraction of sp³-hybridized carbons (Fsp3) is 0.500. The number of thioether (sulfide) groups is 2. The second-order valence-electron chi connectivity index (χ2n) is 2.35. The van der Waals surface area contributed by atoms with E-state index in [1.54, 1.807) is 11.8 Å². The van der Waals surface area contributed by atoms with Crippen molar-refractivity contribution >= 4 is 37.0 Å². The molecule has 0 radical (unpaired) electrons. The molecule has 0 nitrogen and oxygen atoms in total. The molecule has 0 fully saturated rings. The van der Waals surface area contributed by atoms with E-state index in [4.69, 9.17) is 0 Å². The molecule has 1 atom stereocenters. The minimum absolute atomic E-state index is 0. The molecule has 0 saturated carbocycles. The van der Waals surface area contributed by atoms with E-state index in [1.165, 1.54) is 11.8 Å². The topological polar surface area (TPSA) is 0 Å². The lowest BCUT2D eigenvalue weighted by Crippen LogP contribution is -1.93. The molecular formula is C12H16S3. The summed E-state index contributed by atoms with van der Waals surface area (Å²) in [5, 5.41) is 9.19. The fourth-order valence-corrected chi connectivity index (χ4v) is 1.66. The fourth-order valence-electron chi connectivity index (χ4n) is 0.574. The molecule has 82 valence electrons. The van der Waals surface area contributed by atoms with Crippen LogP contribution in [0.4, 0.5) is 0 Å². The summed E-state index contributed by atoms with van der Waals surface area (Å²) < 4.78 is 0. The van der Waals surface area contributed by atoms with Gasteiger partial charge in [0.1, 0.15) is 0 Å². The highest BCUT2D eigenvalue weighted by Crippen LogP contribution is 2.12. The largest absolute Gasteiger partial charge is 0.197 e. The third kappa shape index (κ3) is 11.7. The van der Waals surface area contributed by atoms with Gasteiger partial charge in [0.25, 0.3) is 0 Å². The maximum absolute atomic E-state index is 3.13. The average Bonchev–Trinajstić information content (AvgIpc) is 2.22. The second-order valence-corrected chi connectivity index (χ2v) is 3.97. The van der Waals surface area contributed by atoms with Gasteiger partial charge in [0.2, 0.25) is 0 Å². The quantitative estimate of drug-likeness (QED) is 0.692. The highest BCUT2D eigenvalue weighted by Gasteiger charge is 1.98.